The van der Waals surface area contributed by atoms with Gasteiger partial charge in [0.25, 0.3) is 0 Å². The van der Waals surface area contributed by atoms with Crippen LogP contribution in [-0.2, 0) is 0 Å². The summed E-state index contributed by atoms with van der Waals surface area (Å²) >= 11 is 0. The summed E-state index contributed by atoms with van der Waals surface area (Å²) in [4.78, 5) is 0. The molecule has 0 spiro atoms. The van der Waals surface area contributed by atoms with E-state index in [0.29, 0.717) is 11.1 Å². The van der Waals surface area contributed by atoms with Crippen molar-refractivity contribution in [1.82, 2.24) is 0 Å². The highest BCUT2D eigenvalue weighted by atomic mass is 19.1. The molecule has 0 saturated carbocycles. The van der Waals surface area contributed by atoms with Crippen molar-refractivity contribution in [2.24, 2.45) is 0 Å². The average molecular weight is 281 g/mol. The molecule has 3 heteroatoms. The Hall–Kier alpha value is -2.60. The molecular formula is C18H16FNO. The second kappa shape index (κ2) is 6.71. The molecule has 106 valence electrons. The van der Waals surface area contributed by atoms with Crippen LogP contribution in [0, 0.1) is 17.1 Å². The molecule has 2 aromatic carbocycles. The lowest BCUT2D eigenvalue weighted by atomic mass is 10.0. The van der Waals surface area contributed by atoms with E-state index in [9.17, 15) is 9.65 Å². The number of nitriles is 1. The van der Waals surface area contributed by atoms with E-state index in [1.807, 2.05) is 44.2 Å². The Morgan fingerprint density at radius 1 is 1.14 bits per heavy atom. The van der Waals surface area contributed by atoms with Crippen molar-refractivity contribution >= 4 is 11.6 Å². The van der Waals surface area contributed by atoms with E-state index >= 15 is 0 Å². The topological polar surface area (TPSA) is 33.0 Å². The van der Waals surface area contributed by atoms with Gasteiger partial charge < -0.3 is 4.74 Å². The van der Waals surface area contributed by atoms with Gasteiger partial charge in [-0.05, 0) is 43.7 Å². The molecule has 0 N–H and O–H groups in total. The summed E-state index contributed by atoms with van der Waals surface area (Å²) in [5.74, 6) is 0.372. The van der Waals surface area contributed by atoms with Crippen LogP contribution in [-0.4, -0.2) is 6.10 Å². The van der Waals surface area contributed by atoms with E-state index in [1.165, 1.54) is 6.07 Å². The smallest absolute Gasteiger partial charge is 0.131 e. The Morgan fingerprint density at radius 3 is 2.38 bits per heavy atom. The second-order valence-corrected chi connectivity index (χ2v) is 4.89. The zero-order valence-electron chi connectivity index (χ0n) is 12.0. The van der Waals surface area contributed by atoms with Gasteiger partial charge >= 0.3 is 0 Å². The molecule has 2 rings (SSSR count). The Kier molecular flexibility index (Phi) is 4.73. The van der Waals surface area contributed by atoms with Crippen LogP contribution in [0.25, 0.3) is 11.6 Å². The summed E-state index contributed by atoms with van der Waals surface area (Å²) in [6, 6.07) is 15.7. The van der Waals surface area contributed by atoms with Crippen LogP contribution in [0.1, 0.15) is 25.0 Å². The fourth-order valence-corrected chi connectivity index (χ4v) is 1.93. The maximum absolute atomic E-state index is 13.7. The highest BCUT2D eigenvalue weighted by molar-refractivity contribution is 5.89. The molecule has 0 aliphatic rings. The van der Waals surface area contributed by atoms with E-state index in [1.54, 1.807) is 24.3 Å². The first kappa shape index (κ1) is 14.8. The van der Waals surface area contributed by atoms with Crippen molar-refractivity contribution in [2.75, 3.05) is 0 Å². The van der Waals surface area contributed by atoms with Crippen LogP contribution in [0.4, 0.5) is 4.39 Å². The number of rotatable bonds is 4. The predicted molar refractivity (Wildman–Crippen MR) is 82.1 cm³/mol. The number of hydrogen-bond donors (Lipinski definition) is 0. The van der Waals surface area contributed by atoms with Gasteiger partial charge in [-0.3, -0.25) is 0 Å². The lowest BCUT2D eigenvalue weighted by Crippen LogP contribution is -2.05. The van der Waals surface area contributed by atoms with E-state index < -0.39 is 5.82 Å². The van der Waals surface area contributed by atoms with E-state index in [4.69, 9.17) is 4.74 Å². The van der Waals surface area contributed by atoms with Gasteiger partial charge in [0.15, 0.2) is 0 Å². The number of benzene rings is 2. The summed E-state index contributed by atoms with van der Waals surface area (Å²) < 4.78 is 19.3. The van der Waals surface area contributed by atoms with Crippen molar-refractivity contribution in [3.8, 4) is 11.8 Å². The molecule has 0 amide bonds. The quantitative estimate of drug-likeness (QED) is 0.602. The third-order valence-electron chi connectivity index (χ3n) is 2.85. The fraction of sp³-hybridized carbons (Fsp3) is 0.167. The Labute approximate surface area is 124 Å². The zero-order chi connectivity index (χ0) is 15.2. The standard InChI is InChI=1S/C18H16FNO/c1-13(2)21-16-9-7-14(8-10-16)11-15(12-20)17-5-3-4-6-18(17)19/h3-11,13H,1-2H3/b15-11-. The van der Waals surface area contributed by atoms with E-state index in [2.05, 4.69) is 0 Å². The monoisotopic (exact) mass is 281 g/mol. The number of hydrogen-bond acceptors (Lipinski definition) is 2. The third-order valence-corrected chi connectivity index (χ3v) is 2.85. The molecule has 0 saturated heterocycles. The van der Waals surface area contributed by atoms with Gasteiger partial charge in [0.2, 0.25) is 0 Å². The van der Waals surface area contributed by atoms with Gasteiger partial charge in [0.1, 0.15) is 11.6 Å². The first-order valence-electron chi connectivity index (χ1n) is 6.73. The molecule has 0 bridgehead atoms. The minimum Gasteiger partial charge on any atom is -0.491 e. The van der Waals surface area contributed by atoms with Crippen molar-refractivity contribution in [3.63, 3.8) is 0 Å². The molecule has 0 fully saturated rings. The van der Waals surface area contributed by atoms with Crippen molar-refractivity contribution in [3.05, 3.63) is 65.5 Å². The van der Waals surface area contributed by atoms with Crippen LogP contribution < -0.4 is 4.74 Å². The summed E-state index contributed by atoms with van der Waals surface area (Å²) in [5, 5.41) is 9.23. The molecule has 0 atom stereocenters. The van der Waals surface area contributed by atoms with Crippen LogP contribution in [0.5, 0.6) is 5.75 Å². The minimum atomic E-state index is -0.398. The molecule has 2 aromatic rings. The van der Waals surface area contributed by atoms with Crippen LogP contribution in [0.2, 0.25) is 0 Å². The molecule has 2 nitrogen and oxygen atoms in total. The van der Waals surface area contributed by atoms with E-state index in [-0.39, 0.29) is 6.10 Å². The highest BCUT2D eigenvalue weighted by Crippen LogP contribution is 2.22. The fourth-order valence-electron chi connectivity index (χ4n) is 1.93. The lowest BCUT2D eigenvalue weighted by molar-refractivity contribution is 0.242. The Morgan fingerprint density at radius 2 is 1.81 bits per heavy atom. The average Bonchev–Trinajstić information content (AvgIpc) is 2.47. The zero-order valence-corrected chi connectivity index (χ0v) is 12.0. The molecule has 21 heavy (non-hydrogen) atoms. The predicted octanol–water partition coefficient (Wildman–Crippen LogP) is 4.68. The number of nitrogens with zero attached hydrogens (tertiary/aromatic N) is 1. The summed E-state index contributed by atoms with van der Waals surface area (Å²) in [5.41, 5.74) is 1.43. The minimum absolute atomic E-state index is 0.111. The molecular weight excluding hydrogens is 265 g/mol. The summed E-state index contributed by atoms with van der Waals surface area (Å²) in [6.07, 6.45) is 1.77. The first-order chi connectivity index (χ1) is 10.1. The summed E-state index contributed by atoms with van der Waals surface area (Å²) in [6.45, 7) is 3.92. The van der Waals surface area contributed by atoms with Crippen LogP contribution in [0.15, 0.2) is 48.5 Å². The lowest BCUT2D eigenvalue weighted by Gasteiger charge is -2.09. The number of ether oxygens (including phenoxy) is 1. The van der Waals surface area contributed by atoms with Gasteiger partial charge in [-0.1, -0.05) is 30.3 Å². The van der Waals surface area contributed by atoms with Crippen molar-refractivity contribution < 1.29 is 9.13 Å². The second-order valence-electron chi connectivity index (χ2n) is 4.89. The van der Waals surface area contributed by atoms with E-state index in [0.717, 1.165) is 11.3 Å². The Balaban J connectivity index is 2.29. The van der Waals surface area contributed by atoms with Crippen molar-refractivity contribution in [2.45, 2.75) is 20.0 Å². The maximum atomic E-state index is 13.7. The molecule has 0 heterocycles. The largest absolute Gasteiger partial charge is 0.491 e. The first-order valence-corrected chi connectivity index (χ1v) is 6.73. The molecule has 0 aliphatic heterocycles. The van der Waals surface area contributed by atoms with Gasteiger partial charge in [0.05, 0.1) is 17.7 Å². The molecule has 0 radical (unpaired) electrons. The van der Waals surface area contributed by atoms with Gasteiger partial charge in [-0.25, -0.2) is 4.39 Å². The SMILES string of the molecule is CC(C)Oc1ccc(/C=C(/C#N)c2ccccc2F)cc1. The molecule has 0 unspecified atom stereocenters. The molecule has 0 aromatic heterocycles. The van der Waals surface area contributed by atoms with Gasteiger partial charge in [-0.2, -0.15) is 5.26 Å². The van der Waals surface area contributed by atoms with Crippen LogP contribution >= 0.6 is 0 Å². The van der Waals surface area contributed by atoms with Crippen LogP contribution in [0.3, 0.4) is 0 Å². The highest BCUT2D eigenvalue weighted by Gasteiger charge is 2.06. The van der Waals surface area contributed by atoms with Gasteiger partial charge in [0, 0.05) is 5.56 Å². The third kappa shape index (κ3) is 3.93. The maximum Gasteiger partial charge on any atom is 0.131 e. The number of halogens is 1. The van der Waals surface area contributed by atoms with Gasteiger partial charge in [-0.15, -0.1) is 0 Å². The molecule has 0 aliphatic carbocycles. The van der Waals surface area contributed by atoms with Crippen molar-refractivity contribution in [1.29, 1.82) is 5.26 Å². The number of allylic oxidation sites excluding steroid dienone is 1. The normalized spacial score (nSPS) is 11.3. The Bertz CT molecular complexity index is 681. The summed E-state index contributed by atoms with van der Waals surface area (Å²) in [7, 11) is 0.